The number of methoxy groups -OCH3 is 1. The Morgan fingerprint density at radius 3 is 2.86 bits per heavy atom. The zero-order valence-electron chi connectivity index (χ0n) is 9.08. The largest absolute Gasteiger partial charge is 0.495 e. The zero-order chi connectivity index (χ0) is 10.4. The predicted molar refractivity (Wildman–Crippen MR) is 57.5 cm³/mol. The van der Waals surface area contributed by atoms with E-state index in [4.69, 9.17) is 4.74 Å². The number of aromatic nitrogens is 1. The SMILES string of the molecule is CCNC(CC)c1ccncc1OC. The van der Waals surface area contributed by atoms with E-state index in [0.717, 1.165) is 18.7 Å². The summed E-state index contributed by atoms with van der Waals surface area (Å²) in [7, 11) is 1.68. The van der Waals surface area contributed by atoms with Crippen molar-refractivity contribution >= 4 is 0 Å². The first kappa shape index (κ1) is 11.0. The number of ether oxygens (including phenoxy) is 1. The summed E-state index contributed by atoms with van der Waals surface area (Å²) in [6, 6.07) is 2.37. The fraction of sp³-hybridized carbons (Fsp3) is 0.545. The maximum atomic E-state index is 5.27. The number of pyridine rings is 1. The second kappa shape index (κ2) is 5.60. The minimum Gasteiger partial charge on any atom is -0.495 e. The van der Waals surface area contributed by atoms with Gasteiger partial charge in [-0.3, -0.25) is 4.98 Å². The summed E-state index contributed by atoms with van der Waals surface area (Å²) in [5, 5.41) is 3.42. The summed E-state index contributed by atoms with van der Waals surface area (Å²) in [6.07, 6.45) is 4.61. The molecule has 1 unspecified atom stereocenters. The molecule has 0 aliphatic carbocycles. The van der Waals surface area contributed by atoms with Gasteiger partial charge in [0.1, 0.15) is 5.75 Å². The van der Waals surface area contributed by atoms with Gasteiger partial charge < -0.3 is 10.1 Å². The van der Waals surface area contributed by atoms with Crippen molar-refractivity contribution in [2.24, 2.45) is 0 Å². The third-order valence-corrected chi connectivity index (χ3v) is 2.27. The van der Waals surface area contributed by atoms with Crippen LogP contribution in [0.1, 0.15) is 31.9 Å². The van der Waals surface area contributed by atoms with Gasteiger partial charge >= 0.3 is 0 Å². The van der Waals surface area contributed by atoms with E-state index in [2.05, 4.69) is 24.1 Å². The van der Waals surface area contributed by atoms with Gasteiger partial charge in [0.2, 0.25) is 0 Å². The highest BCUT2D eigenvalue weighted by molar-refractivity contribution is 5.32. The van der Waals surface area contributed by atoms with Crippen molar-refractivity contribution in [2.75, 3.05) is 13.7 Å². The average Bonchev–Trinajstić information content (AvgIpc) is 2.26. The first-order chi connectivity index (χ1) is 6.83. The molecule has 1 rings (SSSR count). The molecule has 0 bridgehead atoms. The van der Waals surface area contributed by atoms with E-state index in [1.54, 1.807) is 19.5 Å². The number of hydrogen-bond acceptors (Lipinski definition) is 3. The molecule has 14 heavy (non-hydrogen) atoms. The third-order valence-electron chi connectivity index (χ3n) is 2.27. The molecule has 0 spiro atoms. The lowest BCUT2D eigenvalue weighted by atomic mass is 10.1. The van der Waals surface area contributed by atoms with Crippen LogP contribution in [0.3, 0.4) is 0 Å². The highest BCUT2D eigenvalue weighted by atomic mass is 16.5. The topological polar surface area (TPSA) is 34.2 Å². The van der Waals surface area contributed by atoms with Crippen molar-refractivity contribution in [1.29, 1.82) is 0 Å². The third kappa shape index (κ3) is 2.45. The molecular formula is C11H18N2O. The summed E-state index contributed by atoms with van der Waals surface area (Å²) in [5.41, 5.74) is 1.19. The van der Waals surface area contributed by atoms with Crippen LogP contribution in [-0.4, -0.2) is 18.6 Å². The first-order valence-corrected chi connectivity index (χ1v) is 5.04. The van der Waals surface area contributed by atoms with Gasteiger partial charge in [0, 0.05) is 17.8 Å². The lowest BCUT2D eigenvalue weighted by Crippen LogP contribution is -2.20. The Bertz CT molecular complexity index is 276. The van der Waals surface area contributed by atoms with E-state index in [9.17, 15) is 0 Å². The van der Waals surface area contributed by atoms with Gasteiger partial charge in [-0.05, 0) is 19.0 Å². The summed E-state index contributed by atoms with van der Waals surface area (Å²) in [5.74, 6) is 0.861. The average molecular weight is 194 g/mol. The number of hydrogen-bond donors (Lipinski definition) is 1. The molecule has 1 heterocycles. The predicted octanol–water partition coefficient (Wildman–Crippen LogP) is 2.15. The van der Waals surface area contributed by atoms with E-state index < -0.39 is 0 Å². The molecule has 0 radical (unpaired) electrons. The molecule has 3 nitrogen and oxygen atoms in total. The Kier molecular flexibility index (Phi) is 4.40. The molecule has 0 fully saturated rings. The summed E-state index contributed by atoms with van der Waals surface area (Å²) in [6.45, 7) is 5.23. The molecule has 1 N–H and O–H groups in total. The first-order valence-electron chi connectivity index (χ1n) is 5.04. The van der Waals surface area contributed by atoms with E-state index in [1.165, 1.54) is 5.56 Å². The van der Waals surface area contributed by atoms with Gasteiger partial charge in [-0.2, -0.15) is 0 Å². The monoisotopic (exact) mass is 194 g/mol. The van der Waals surface area contributed by atoms with Crippen LogP contribution in [0.2, 0.25) is 0 Å². The molecule has 0 aromatic carbocycles. The van der Waals surface area contributed by atoms with Gasteiger partial charge in [0.15, 0.2) is 0 Å². The fourth-order valence-electron chi connectivity index (χ4n) is 1.57. The smallest absolute Gasteiger partial charge is 0.141 e. The van der Waals surface area contributed by atoms with Crippen LogP contribution in [0.25, 0.3) is 0 Å². The molecule has 3 heteroatoms. The molecule has 0 amide bonds. The van der Waals surface area contributed by atoms with Crippen LogP contribution in [-0.2, 0) is 0 Å². The normalized spacial score (nSPS) is 12.5. The molecule has 0 aliphatic rings. The summed E-state index contributed by atoms with van der Waals surface area (Å²) < 4.78 is 5.27. The molecule has 0 aliphatic heterocycles. The van der Waals surface area contributed by atoms with Crippen molar-refractivity contribution in [3.05, 3.63) is 24.0 Å². The van der Waals surface area contributed by atoms with Crippen LogP contribution in [0, 0.1) is 0 Å². The van der Waals surface area contributed by atoms with Crippen LogP contribution in [0.15, 0.2) is 18.5 Å². The Morgan fingerprint density at radius 1 is 1.50 bits per heavy atom. The van der Waals surface area contributed by atoms with Crippen molar-refractivity contribution in [1.82, 2.24) is 10.3 Å². The standard InChI is InChI=1S/C11H18N2O/c1-4-10(13-5-2)9-6-7-12-8-11(9)14-3/h6-8,10,13H,4-5H2,1-3H3. The van der Waals surface area contributed by atoms with Crippen molar-refractivity contribution in [3.63, 3.8) is 0 Å². The molecule has 0 saturated carbocycles. The molecule has 0 saturated heterocycles. The van der Waals surface area contributed by atoms with Crippen LogP contribution in [0.4, 0.5) is 0 Å². The van der Waals surface area contributed by atoms with Crippen molar-refractivity contribution < 1.29 is 4.74 Å². The van der Waals surface area contributed by atoms with Crippen LogP contribution < -0.4 is 10.1 Å². The van der Waals surface area contributed by atoms with Crippen molar-refractivity contribution in [3.8, 4) is 5.75 Å². The second-order valence-electron chi connectivity index (χ2n) is 3.14. The second-order valence-corrected chi connectivity index (χ2v) is 3.14. The minimum absolute atomic E-state index is 0.359. The van der Waals surface area contributed by atoms with Crippen molar-refractivity contribution in [2.45, 2.75) is 26.3 Å². The fourth-order valence-corrected chi connectivity index (χ4v) is 1.57. The van der Waals surface area contributed by atoms with Gasteiger partial charge in [-0.15, -0.1) is 0 Å². The van der Waals surface area contributed by atoms with E-state index in [-0.39, 0.29) is 0 Å². The van der Waals surface area contributed by atoms with E-state index in [0.29, 0.717) is 6.04 Å². The Morgan fingerprint density at radius 2 is 2.29 bits per heavy atom. The lowest BCUT2D eigenvalue weighted by Gasteiger charge is -2.18. The highest BCUT2D eigenvalue weighted by Crippen LogP contribution is 2.25. The molecule has 1 aromatic heterocycles. The highest BCUT2D eigenvalue weighted by Gasteiger charge is 2.12. The summed E-state index contributed by atoms with van der Waals surface area (Å²) >= 11 is 0. The van der Waals surface area contributed by atoms with Crippen LogP contribution >= 0.6 is 0 Å². The Hall–Kier alpha value is -1.09. The van der Waals surface area contributed by atoms with Crippen LogP contribution in [0.5, 0.6) is 5.75 Å². The number of rotatable bonds is 5. The lowest BCUT2D eigenvalue weighted by molar-refractivity contribution is 0.396. The molecular weight excluding hydrogens is 176 g/mol. The minimum atomic E-state index is 0.359. The molecule has 78 valence electrons. The van der Waals surface area contributed by atoms with E-state index >= 15 is 0 Å². The van der Waals surface area contributed by atoms with Gasteiger partial charge in [-0.25, -0.2) is 0 Å². The van der Waals surface area contributed by atoms with E-state index in [1.807, 2.05) is 6.07 Å². The quantitative estimate of drug-likeness (QED) is 0.780. The Labute approximate surface area is 85.5 Å². The number of nitrogens with one attached hydrogen (secondary N) is 1. The van der Waals surface area contributed by atoms with Gasteiger partial charge in [0.05, 0.1) is 13.3 Å². The zero-order valence-corrected chi connectivity index (χ0v) is 9.08. The molecule has 1 aromatic rings. The maximum absolute atomic E-state index is 5.27. The van der Waals surface area contributed by atoms with Gasteiger partial charge in [-0.1, -0.05) is 13.8 Å². The summed E-state index contributed by atoms with van der Waals surface area (Å²) in [4.78, 5) is 4.04. The molecule has 1 atom stereocenters. The Balaban J connectivity index is 2.90. The number of nitrogens with zero attached hydrogens (tertiary/aromatic N) is 1. The van der Waals surface area contributed by atoms with Gasteiger partial charge in [0.25, 0.3) is 0 Å². The maximum Gasteiger partial charge on any atom is 0.141 e.